The first-order chi connectivity index (χ1) is 9.34. The monoisotopic (exact) mass is 341 g/mol. The first kappa shape index (κ1) is 17.5. The van der Waals surface area contributed by atoms with Crippen molar-refractivity contribution in [3.63, 3.8) is 0 Å². The number of nitrogens with one attached hydrogen (secondary N) is 1. The molecule has 0 saturated heterocycles. The maximum atomic E-state index is 5.47. The summed E-state index contributed by atoms with van der Waals surface area (Å²) in [6, 6.07) is 6.23. The zero-order valence-corrected chi connectivity index (χ0v) is 15.0. The average molecular weight is 342 g/mol. The molecule has 2 nitrogen and oxygen atoms in total. The SMILES string of the molecule is COc1ccc(Br)cc1CC(C)(C)CCNCC(C)C. The van der Waals surface area contributed by atoms with Gasteiger partial charge in [-0.15, -0.1) is 0 Å². The third-order valence-corrected chi connectivity index (χ3v) is 3.94. The molecule has 0 bridgehead atoms. The molecule has 0 radical (unpaired) electrons. The molecule has 0 fully saturated rings. The molecule has 0 aliphatic carbocycles. The highest BCUT2D eigenvalue weighted by atomic mass is 79.9. The Hall–Kier alpha value is -0.540. The lowest BCUT2D eigenvalue weighted by molar-refractivity contribution is 0.315. The van der Waals surface area contributed by atoms with Crippen LogP contribution >= 0.6 is 15.9 Å². The van der Waals surface area contributed by atoms with Crippen molar-refractivity contribution in [1.82, 2.24) is 5.32 Å². The van der Waals surface area contributed by atoms with Gasteiger partial charge in [-0.25, -0.2) is 0 Å². The lowest BCUT2D eigenvalue weighted by Gasteiger charge is -2.26. The number of methoxy groups -OCH3 is 1. The van der Waals surface area contributed by atoms with E-state index in [1.807, 2.05) is 12.1 Å². The summed E-state index contributed by atoms with van der Waals surface area (Å²) in [7, 11) is 1.74. The van der Waals surface area contributed by atoms with Gasteiger partial charge >= 0.3 is 0 Å². The van der Waals surface area contributed by atoms with Gasteiger partial charge in [-0.05, 0) is 61.0 Å². The summed E-state index contributed by atoms with van der Waals surface area (Å²) in [5, 5.41) is 3.53. The number of halogens is 1. The first-order valence-electron chi connectivity index (χ1n) is 7.37. The molecule has 1 rings (SSSR count). The fourth-order valence-electron chi connectivity index (χ4n) is 2.31. The van der Waals surface area contributed by atoms with Crippen LogP contribution in [0.2, 0.25) is 0 Å². The topological polar surface area (TPSA) is 21.3 Å². The van der Waals surface area contributed by atoms with Crippen molar-refractivity contribution in [2.24, 2.45) is 11.3 Å². The van der Waals surface area contributed by atoms with Crippen LogP contribution < -0.4 is 10.1 Å². The average Bonchev–Trinajstić information content (AvgIpc) is 2.34. The maximum Gasteiger partial charge on any atom is 0.122 e. The quantitative estimate of drug-likeness (QED) is 0.694. The number of hydrogen-bond acceptors (Lipinski definition) is 2. The molecule has 0 amide bonds. The molecule has 0 saturated carbocycles. The molecular formula is C17H28BrNO. The fourth-order valence-corrected chi connectivity index (χ4v) is 2.72. The van der Waals surface area contributed by atoms with Crippen molar-refractivity contribution >= 4 is 15.9 Å². The largest absolute Gasteiger partial charge is 0.496 e. The molecule has 0 aliphatic rings. The Balaban J connectivity index is 2.59. The van der Waals surface area contributed by atoms with E-state index in [4.69, 9.17) is 4.74 Å². The van der Waals surface area contributed by atoms with E-state index < -0.39 is 0 Å². The zero-order chi connectivity index (χ0) is 15.2. The van der Waals surface area contributed by atoms with Gasteiger partial charge in [0.05, 0.1) is 7.11 Å². The Morgan fingerprint density at radius 2 is 2.00 bits per heavy atom. The van der Waals surface area contributed by atoms with Crippen LogP contribution in [-0.4, -0.2) is 20.2 Å². The summed E-state index contributed by atoms with van der Waals surface area (Å²) < 4.78 is 6.58. The number of hydrogen-bond donors (Lipinski definition) is 1. The minimum Gasteiger partial charge on any atom is -0.496 e. The number of ether oxygens (including phenoxy) is 1. The third kappa shape index (κ3) is 6.27. The van der Waals surface area contributed by atoms with Crippen LogP contribution in [0.25, 0.3) is 0 Å². The van der Waals surface area contributed by atoms with Crippen molar-refractivity contribution in [2.75, 3.05) is 20.2 Å². The Morgan fingerprint density at radius 1 is 1.30 bits per heavy atom. The van der Waals surface area contributed by atoms with Gasteiger partial charge in [-0.3, -0.25) is 0 Å². The Morgan fingerprint density at radius 3 is 2.60 bits per heavy atom. The molecule has 0 spiro atoms. The van der Waals surface area contributed by atoms with E-state index in [-0.39, 0.29) is 5.41 Å². The van der Waals surface area contributed by atoms with Crippen molar-refractivity contribution in [3.05, 3.63) is 28.2 Å². The van der Waals surface area contributed by atoms with Crippen molar-refractivity contribution in [1.29, 1.82) is 0 Å². The fraction of sp³-hybridized carbons (Fsp3) is 0.647. The highest BCUT2D eigenvalue weighted by Gasteiger charge is 2.20. The minimum atomic E-state index is 0.262. The normalized spacial score (nSPS) is 11.9. The number of benzene rings is 1. The van der Waals surface area contributed by atoms with Crippen molar-refractivity contribution < 1.29 is 4.74 Å². The van der Waals surface area contributed by atoms with Crippen molar-refractivity contribution in [3.8, 4) is 5.75 Å². The Kier molecular flexibility index (Phi) is 7.04. The molecule has 114 valence electrons. The van der Waals surface area contributed by atoms with E-state index >= 15 is 0 Å². The van der Waals surface area contributed by atoms with Crippen LogP contribution in [0.15, 0.2) is 22.7 Å². The lowest BCUT2D eigenvalue weighted by atomic mass is 9.82. The van der Waals surface area contributed by atoms with Gasteiger partial charge in [0.15, 0.2) is 0 Å². The van der Waals surface area contributed by atoms with Gasteiger partial charge in [-0.1, -0.05) is 43.6 Å². The molecular weight excluding hydrogens is 314 g/mol. The van der Waals surface area contributed by atoms with Gasteiger partial charge < -0.3 is 10.1 Å². The van der Waals surface area contributed by atoms with E-state index in [1.54, 1.807) is 7.11 Å². The summed E-state index contributed by atoms with van der Waals surface area (Å²) in [6.45, 7) is 11.3. The molecule has 1 N–H and O–H groups in total. The summed E-state index contributed by atoms with van der Waals surface area (Å²) in [5.41, 5.74) is 1.54. The summed E-state index contributed by atoms with van der Waals surface area (Å²) in [6.07, 6.45) is 2.19. The lowest BCUT2D eigenvalue weighted by Crippen LogP contribution is -2.26. The smallest absolute Gasteiger partial charge is 0.122 e. The molecule has 1 aromatic rings. The van der Waals surface area contributed by atoms with Gasteiger partial charge in [0.2, 0.25) is 0 Å². The van der Waals surface area contributed by atoms with E-state index in [0.29, 0.717) is 5.92 Å². The van der Waals surface area contributed by atoms with E-state index in [1.165, 1.54) is 5.56 Å². The Bertz CT molecular complexity index is 415. The van der Waals surface area contributed by atoms with Crippen LogP contribution in [0, 0.1) is 11.3 Å². The third-order valence-electron chi connectivity index (χ3n) is 3.44. The molecule has 0 unspecified atom stereocenters. The van der Waals surface area contributed by atoms with Crippen LogP contribution in [0.5, 0.6) is 5.75 Å². The molecule has 20 heavy (non-hydrogen) atoms. The van der Waals surface area contributed by atoms with E-state index in [2.05, 4.69) is 55.0 Å². The predicted molar refractivity (Wildman–Crippen MR) is 90.5 cm³/mol. The second kappa shape index (κ2) is 8.04. The minimum absolute atomic E-state index is 0.262. The van der Waals surface area contributed by atoms with E-state index in [0.717, 1.165) is 36.2 Å². The van der Waals surface area contributed by atoms with Crippen molar-refractivity contribution in [2.45, 2.75) is 40.5 Å². The van der Waals surface area contributed by atoms with Crippen LogP contribution in [0.4, 0.5) is 0 Å². The van der Waals surface area contributed by atoms with Gasteiger partial charge in [0.1, 0.15) is 5.75 Å². The molecule has 0 aromatic heterocycles. The number of rotatable bonds is 8. The first-order valence-corrected chi connectivity index (χ1v) is 8.16. The van der Waals surface area contributed by atoms with Crippen LogP contribution in [0.3, 0.4) is 0 Å². The zero-order valence-electron chi connectivity index (χ0n) is 13.4. The molecule has 0 atom stereocenters. The highest BCUT2D eigenvalue weighted by molar-refractivity contribution is 9.10. The summed E-state index contributed by atoms with van der Waals surface area (Å²) in [4.78, 5) is 0. The van der Waals surface area contributed by atoms with Gasteiger partial charge in [-0.2, -0.15) is 0 Å². The van der Waals surface area contributed by atoms with Gasteiger partial charge in [0.25, 0.3) is 0 Å². The molecule has 3 heteroatoms. The standard InChI is InChI=1S/C17H28BrNO/c1-13(2)12-19-9-8-17(3,4)11-14-10-15(18)6-7-16(14)20-5/h6-7,10,13,19H,8-9,11-12H2,1-5H3. The summed E-state index contributed by atoms with van der Waals surface area (Å²) in [5.74, 6) is 1.69. The van der Waals surface area contributed by atoms with E-state index in [9.17, 15) is 0 Å². The molecule has 0 aliphatic heterocycles. The second-order valence-electron chi connectivity index (χ2n) is 6.65. The Labute approximate surface area is 132 Å². The molecule has 0 heterocycles. The van der Waals surface area contributed by atoms with Gasteiger partial charge in [0, 0.05) is 4.47 Å². The highest BCUT2D eigenvalue weighted by Crippen LogP contribution is 2.32. The molecule has 1 aromatic carbocycles. The summed E-state index contributed by atoms with van der Waals surface area (Å²) >= 11 is 3.54. The van der Waals surface area contributed by atoms with Crippen LogP contribution in [0.1, 0.15) is 39.7 Å². The second-order valence-corrected chi connectivity index (χ2v) is 7.56. The van der Waals surface area contributed by atoms with Crippen LogP contribution in [-0.2, 0) is 6.42 Å². The predicted octanol–water partition coefficient (Wildman–Crippen LogP) is 4.66. The maximum absolute atomic E-state index is 5.47.